The summed E-state index contributed by atoms with van der Waals surface area (Å²) >= 11 is 0. The fourth-order valence-electron chi connectivity index (χ4n) is 3.29. The highest BCUT2D eigenvalue weighted by atomic mass is 16.5. The number of rotatable bonds is 0. The molecule has 2 aliphatic rings. The van der Waals surface area contributed by atoms with E-state index in [0.29, 0.717) is 0 Å². The van der Waals surface area contributed by atoms with E-state index in [2.05, 4.69) is 59.6 Å². The van der Waals surface area contributed by atoms with Crippen molar-refractivity contribution in [2.24, 2.45) is 0 Å². The Balaban J connectivity index is 1.88. The number of nitrogens with one attached hydrogen (secondary N) is 1. The molecule has 3 aromatic carbocycles. The van der Waals surface area contributed by atoms with Gasteiger partial charge in [-0.05, 0) is 18.2 Å². The van der Waals surface area contributed by atoms with E-state index in [1.54, 1.807) is 0 Å². The zero-order valence-electron chi connectivity index (χ0n) is 12.4. The van der Waals surface area contributed by atoms with E-state index in [9.17, 15) is 0 Å². The van der Waals surface area contributed by atoms with Crippen LogP contribution in [0, 0.1) is 0 Å². The summed E-state index contributed by atoms with van der Waals surface area (Å²) in [5, 5.41) is 2.37. The standard InChI is InChI=1S/C21H13NO/c1-4-10-17-14(7-1)13-18(22-17)21-15-8-2-5-11-19(15)23-20-12-6-3-9-16(20)21/h1-13H/p+1. The summed E-state index contributed by atoms with van der Waals surface area (Å²) in [7, 11) is 0. The minimum absolute atomic E-state index is 0.903. The molecule has 0 aromatic heterocycles. The minimum atomic E-state index is 0.903. The fraction of sp³-hybridized carbons (Fsp3) is 0. The van der Waals surface area contributed by atoms with Crippen LogP contribution in [0.4, 0.5) is 0 Å². The van der Waals surface area contributed by atoms with Crippen LogP contribution in [0.1, 0.15) is 11.1 Å². The number of hydrogen-bond acceptors (Lipinski definition) is 1. The lowest BCUT2D eigenvalue weighted by molar-refractivity contribution is -0.430. The fourth-order valence-corrected chi connectivity index (χ4v) is 3.29. The normalized spacial score (nSPS) is 14.1. The summed E-state index contributed by atoms with van der Waals surface area (Å²) in [6.45, 7) is 0. The molecule has 5 rings (SSSR count). The molecule has 23 heavy (non-hydrogen) atoms. The van der Waals surface area contributed by atoms with Gasteiger partial charge in [-0.1, -0.05) is 48.5 Å². The van der Waals surface area contributed by atoms with Crippen LogP contribution in [0.25, 0.3) is 11.6 Å². The highest BCUT2D eigenvalue weighted by Gasteiger charge is 2.27. The Hall–Kier alpha value is -3.13. The molecule has 2 heteroatoms. The third kappa shape index (κ3) is 1.85. The van der Waals surface area contributed by atoms with Gasteiger partial charge in [0.25, 0.3) is 0 Å². The second kappa shape index (κ2) is 4.68. The van der Waals surface area contributed by atoms with Gasteiger partial charge in [-0.25, -0.2) is 4.99 Å². The lowest BCUT2D eigenvalue weighted by atomic mass is 9.92. The summed E-state index contributed by atoms with van der Waals surface area (Å²) in [4.78, 5) is 3.55. The molecule has 1 N–H and O–H groups in total. The highest BCUT2D eigenvalue weighted by molar-refractivity contribution is 5.91. The first kappa shape index (κ1) is 12.4. The quantitative estimate of drug-likeness (QED) is 0.525. The van der Waals surface area contributed by atoms with Crippen LogP contribution >= 0.6 is 0 Å². The summed E-state index contributed by atoms with van der Waals surface area (Å²) in [6.07, 6.45) is 2.21. The minimum Gasteiger partial charge on any atom is -0.456 e. The van der Waals surface area contributed by atoms with Gasteiger partial charge in [0, 0.05) is 23.3 Å². The number of para-hydroxylation sites is 3. The van der Waals surface area contributed by atoms with E-state index in [0.717, 1.165) is 33.7 Å². The van der Waals surface area contributed by atoms with Gasteiger partial charge in [0.2, 0.25) is 11.1 Å². The van der Waals surface area contributed by atoms with E-state index < -0.39 is 0 Å². The Morgan fingerprint density at radius 3 is 1.96 bits per heavy atom. The lowest BCUT2D eigenvalue weighted by Crippen LogP contribution is -2.74. The first-order valence-electron chi connectivity index (χ1n) is 7.72. The van der Waals surface area contributed by atoms with Crippen molar-refractivity contribution in [2.45, 2.75) is 0 Å². The molecule has 2 heterocycles. The Bertz CT molecular complexity index is 1010. The summed E-state index contributed by atoms with van der Waals surface area (Å²) < 4.78 is 6.07. The van der Waals surface area contributed by atoms with Gasteiger partial charge >= 0.3 is 0 Å². The molecule has 0 amide bonds. The van der Waals surface area contributed by atoms with Gasteiger partial charge in [0.05, 0.1) is 10.8 Å². The van der Waals surface area contributed by atoms with Gasteiger partial charge in [-0.3, -0.25) is 0 Å². The summed E-state index contributed by atoms with van der Waals surface area (Å²) in [5.74, 6) is 1.81. The van der Waals surface area contributed by atoms with Gasteiger partial charge < -0.3 is 4.74 Å². The molecular formula is C21H14NO+. The highest BCUT2D eigenvalue weighted by Crippen LogP contribution is 2.43. The number of allylic oxidation sites excluding steroid dienone is 1. The molecule has 0 unspecified atom stereocenters. The Kier molecular flexibility index (Phi) is 2.53. The van der Waals surface area contributed by atoms with Crippen LogP contribution in [0.3, 0.4) is 0 Å². The van der Waals surface area contributed by atoms with Crippen LogP contribution in [0.15, 0.2) is 78.5 Å². The molecule has 108 valence electrons. The van der Waals surface area contributed by atoms with Gasteiger partial charge in [0.15, 0.2) is 0 Å². The molecule has 2 nitrogen and oxygen atoms in total. The van der Waals surface area contributed by atoms with Gasteiger partial charge in [0.1, 0.15) is 11.5 Å². The van der Waals surface area contributed by atoms with Crippen LogP contribution in [-0.4, -0.2) is 0 Å². The molecule has 0 atom stereocenters. The molecule has 0 bridgehead atoms. The van der Waals surface area contributed by atoms with Crippen molar-refractivity contribution < 1.29 is 9.73 Å². The number of hydrogen-bond donors (Lipinski definition) is 1. The topological polar surface area (TPSA) is 23.2 Å². The number of benzene rings is 3. The van der Waals surface area contributed by atoms with Crippen LogP contribution < -0.4 is 20.3 Å². The third-order valence-electron chi connectivity index (χ3n) is 4.33. The molecule has 0 saturated carbocycles. The third-order valence-corrected chi connectivity index (χ3v) is 4.33. The monoisotopic (exact) mass is 296 g/mol. The molecule has 3 aromatic rings. The molecule has 2 aliphatic heterocycles. The predicted octanol–water partition coefficient (Wildman–Crippen LogP) is 1.75. The van der Waals surface area contributed by atoms with Gasteiger partial charge in [-0.15, -0.1) is 0 Å². The van der Waals surface area contributed by atoms with Crippen molar-refractivity contribution in [3.63, 3.8) is 0 Å². The molecule has 0 radical (unpaired) electrons. The number of fused-ring (bicyclic) bond motifs is 3. The van der Waals surface area contributed by atoms with Crippen LogP contribution in [-0.2, 0) is 0 Å². The average Bonchev–Trinajstić information content (AvgIpc) is 3.03. The maximum absolute atomic E-state index is 6.07. The first-order valence-corrected chi connectivity index (χ1v) is 7.72. The maximum Gasteiger partial charge on any atom is 0.213 e. The largest absolute Gasteiger partial charge is 0.456 e. The molecule has 0 saturated heterocycles. The van der Waals surface area contributed by atoms with Crippen molar-refractivity contribution in [1.29, 1.82) is 0 Å². The average molecular weight is 296 g/mol. The zero-order valence-corrected chi connectivity index (χ0v) is 12.4. The second-order valence-electron chi connectivity index (χ2n) is 5.74. The van der Waals surface area contributed by atoms with E-state index in [1.807, 2.05) is 24.3 Å². The van der Waals surface area contributed by atoms with Crippen molar-refractivity contribution in [1.82, 2.24) is 0 Å². The number of ether oxygens (including phenoxy) is 1. The van der Waals surface area contributed by atoms with Crippen molar-refractivity contribution >= 4 is 11.6 Å². The van der Waals surface area contributed by atoms with Crippen molar-refractivity contribution in [3.8, 4) is 11.5 Å². The predicted molar refractivity (Wildman–Crippen MR) is 89.2 cm³/mol. The van der Waals surface area contributed by atoms with E-state index in [1.165, 1.54) is 10.8 Å². The van der Waals surface area contributed by atoms with Crippen LogP contribution in [0.2, 0.25) is 0 Å². The second-order valence-corrected chi connectivity index (χ2v) is 5.74. The van der Waals surface area contributed by atoms with E-state index in [-0.39, 0.29) is 0 Å². The zero-order chi connectivity index (χ0) is 15.2. The molecule has 0 fully saturated rings. The Labute approximate surface area is 133 Å². The molecular weight excluding hydrogens is 282 g/mol. The molecule has 0 aliphatic carbocycles. The first-order chi connectivity index (χ1) is 11.4. The van der Waals surface area contributed by atoms with Crippen molar-refractivity contribution in [3.05, 3.63) is 100 Å². The summed E-state index contributed by atoms with van der Waals surface area (Å²) in [6, 6.07) is 24.8. The van der Waals surface area contributed by atoms with Crippen molar-refractivity contribution in [2.75, 3.05) is 0 Å². The van der Waals surface area contributed by atoms with Crippen LogP contribution in [0.5, 0.6) is 11.5 Å². The maximum atomic E-state index is 6.07. The molecule has 0 spiro atoms. The van der Waals surface area contributed by atoms with E-state index >= 15 is 0 Å². The Morgan fingerprint density at radius 1 is 0.652 bits per heavy atom. The van der Waals surface area contributed by atoms with E-state index in [4.69, 9.17) is 4.74 Å². The van der Waals surface area contributed by atoms with Gasteiger partial charge in [-0.2, -0.15) is 0 Å². The smallest absolute Gasteiger partial charge is 0.213 e. The Morgan fingerprint density at radius 2 is 1.26 bits per heavy atom. The lowest BCUT2D eigenvalue weighted by Gasteiger charge is -2.21. The SMILES string of the molecule is C1=c2ccccc2=[NH+]C1=C1c2ccccc2Oc2ccccc21. The summed E-state index contributed by atoms with van der Waals surface area (Å²) in [5.41, 5.74) is 4.56.